The fourth-order valence-corrected chi connectivity index (χ4v) is 5.44. The van der Waals surface area contributed by atoms with Gasteiger partial charge in [-0.3, -0.25) is 4.79 Å². The standard InChI is InChI=1S/C27H31N3O5S/c1-27(2,3)18-29(26(32)33)16-19-14-24(20-8-5-4-6-9-20)30(17-19)36(34,35)23-11-7-10-21(15-23)25(31)28-22-12-13-22/h4-11,14-15,17,22H,12-13,16,18H2,1-3H3,(H,28,31)(H,32,33). The van der Waals surface area contributed by atoms with Crippen LogP contribution in [0.3, 0.4) is 0 Å². The zero-order valence-corrected chi connectivity index (χ0v) is 21.5. The van der Waals surface area contributed by atoms with Crippen molar-refractivity contribution in [2.45, 2.75) is 51.1 Å². The summed E-state index contributed by atoms with van der Waals surface area (Å²) in [6.07, 6.45) is 2.25. The van der Waals surface area contributed by atoms with Gasteiger partial charge in [-0.2, -0.15) is 0 Å². The molecule has 0 unspecified atom stereocenters. The van der Waals surface area contributed by atoms with E-state index in [1.54, 1.807) is 30.3 Å². The summed E-state index contributed by atoms with van der Waals surface area (Å²) in [5, 5.41) is 12.6. The molecule has 1 aliphatic carbocycles. The van der Waals surface area contributed by atoms with Crippen molar-refractivity contribution in [3.63, 3.8) is 0 Å². The molecule has 1 aliphatic rings. The lowest BCUT2D eigenvalue weighted by Crippen LogP contribution is -2.36. The molecule has 190 valence electrons. The van der Waals surface area contributed by atoms with Crippen LogP contribution in [0.1, 0.15) is 49.5 Å². The van der Waals surface area contributed by atoms with E-state index >= 15 is 0 Å². The number of carbonyl (C=O) groups excluding carboxylic acids is 1. The summed E-state index contributed by atoms with van der Waals surface area (Å²) in [4.78, 5) is 25.7. The summed E-state index contributed by atoms with van der Waals surface area (Å²) in [5.41, 5.74) is 1.65. The third-order valence-corrected chi connectivity index (χ3v) is 7.46. The van der Waals surface area contributed by atoms with Crippen molar-refractivity contribution in [1.29, 1.82) is 0 Å². The normalized spacial score (nSPS) is 13.9. The molecule has 1 heterocycles. The first kappa shape index (κ1) is 25.5. The first-order valence-corrected chi connectivity index (χ1v) is 13.3. The fourth-order valence-electron chi connectivity index (χ4n) is 3.99. The van der Waals surface area contributed by atoms with E-state index in [-0.39, 0.29) is 34.4 Å². The zero-order valence-electron chi connectivity index (χ0n) is 20.6. The van der Waals surface area contributed by atoms with Gasteiger partial charge in [0.25, 0.3) is 15.9 Å². The van der Waals surface area contributed by atoms with Gasteiger partial charge in [-0.25, -0.2) is 17.2 Å². The third-order valence-electron chi connectivity index (χ3n) is 5.79. The number of nitrogens with zero attached hydrogens (tertiary/aromatic N) is 2. The van der Waals surface area contributed by atoms with Crippen LogP contribution in [0.2, 0.25) is 0 Å². The van der Waals surface area contributed by atoms with Crippen molar-refractivity contribution in [1.82, 2.24) is 14.2 Å². The highest BCUT2D eigenvalue weighted by Crippen LogP contribution is 2.29. The fraction of sp³-hybridized carbons (Fsp3) is 0.333. The number of carboxylic acid groups (broad SMARTS) is 1. The molecule has 0 radical (unpaired) electrons. The van der Waals surface area contributed by atoms with E-state index in [9.17, 15) is 23.1 Å². The lowest BCUT2D eigenvalue weighted by molar-refractivity contribution is 0.0950. The predicted molar refractivity (Wildman–Crippen MR) is 137 cm³/mol. The van der Waals surface area contributed by atoms with Crippen LogP contribution in [0.5, 0.6) is 0 Å². The van der Waals surface area contributed by atoms with Gasteiger partial charge in [-0.15, -0.1) is 0 Å². The molecule has 1 saturated carbocycles. The highest BCUT2D eigenvalue weighted by Gasteiger charge is 2.27. The summed E-state index contributed by atoms with van der Waals surface area (Å²) in [6.45, 7) is 6.17. The summed E-state index contributed by atoms with van der Waals surface area (Å²) in [6, 6.07) is 16.9. The highest BCUT2D eigenvalue weighted by molar-refractivity contribution is 7.90. The minimum Gasteiger partial charge on any atom is -0.465 e. The van der Waals surface area contributed by atoms with Crippen LogP contribution in [-0.4, -0.2) is 47.0 Å². The molecule has 2 aromatic carbocycles. The van der Waals surface area contributed by atoms with Crippen LogP contribution >= 0.6 is 0 Å². The van der Waals surface area contributed by atoms with Gasteiger partial charge in [0.1, 0.15) is 0 Å². The van der Waals surface area contributed by atoms with Crippen molar-refractivity contribution in [2.24, 2.45) is 5.41 Å². The Kier molecular flexibility index (Phi) is 6.95. The smallest absolute Gasteiger partial charge is 0.407 e. The molecule has 0 atom stereocenters. The van der Waals surface area contributed by atoms with Gasteiger partial charge in [0, 0.05) is 24.3 Å². The minimum atomic E-state index is -4.09. The van der Waals surface area contributed by atoms with Crippen LogP contribution in [0.25, 0.3) is 11.3 Å². The number of nitrogens with one attached hydrogen (secondary N) is 1. The Morgan fingerprint density at radius 1 is 1.06 bits per heavy atom. The second kappa shape index (κ2) is 9.81. The molecule has 1 aromatic heterocycles. The van der Waals surface area contributed by atoms with Gasteiger partial charge < -0.3 is 15.3 Å². The zero-order chi connectivity index (χ0) is 26.1. The molecule has 3 aromatic rings. The number of rotatable bonds is 8. The molecular formula is C27H31N3O5S. The lowest BCUT2D eigenvalue weighted by Gasteiger charge is -2.27. The van der Waals surface area contributed by atoms with E-state index in [1.165, 1.54) is 27.2 Å². The van der Waals surface area contributed by atoms with Gasteiger partial charge >= 0.3 is 6.09 Å². The molecule has 8 nitrogen and oxygen atoms in total. The monoisotopic (exact) mass is 509 g/mol. The first-order chi connectivity index (χ1) is 16.9. The van der Waals surface area contributed by atoms with Crippen molar-refractivity contribution in [2.75, 3.05) is 6.54 Å². The molecule has 0 saturated heterocycles. The first-order valence-electron chi connectivity index (χ1n) is 11.9. The van der Waals surface area contributed by atoms with E-state index in [1.807, 2.05) is 39.0 Å². The van der Waals surface area contributed by atoms with Crippen LogP contribution in [0, 0.1) is 5.41 Å². The molecule has 0 bridgehead atoms. The Hall–Kier alpha value is -3.59. The van der Waals surface area contributed by atoms with E-state index in [2.05, 4.69) is 5.32 Å². The maximum atomic E-state index is 13.8. The number of hydrogen-bond donors (Lipinski definition) is 2. The second-order valence-electron chi connectivity index (χ2n) is 10.4. The van der Waals surface area contributed by atoms with E-state index < -0.39 is 16.1 Å². The Bertz CT molecular complexity index is 1370. The van der Waals surface area contributed by atoms with Crippen molar-refractivity contribution in [3.05, 3.63) is 78.0 Å². The lowest BCUT2D eigenvalue weighted by atomic mass is 9.96. The Labute approximate surface area is 211 Å². The van der Waals surface area contributed by atoms with E-state index in [4.69, 9.17) is 0 Å². The van der Waals surface area contributed by atoms with Crippen molar-refractivity contribution >= 4 is 22.0 Å². The van der Waals surface area contributed by atoms with Crippen LogP contribution in [-0.2, 0) is 16.6 Å². The Balaban J connectivity index is 1.74. The minimum absolute atomic E-state index is 0.0185. The van der Waals surface area contributed by atoms with Crippen molar-refractivity contribution in [3.8, 4) is 11.3 Å². The number of benzene rings is 2. The molecule has 4 rings (SSSR count). The molecule has 0 aliphatic heterocycles. The number of amides is 2. The average molecular weight is 510 g/mol. The van der Waals surface area contributed by atoms with Gasteiger partial charge in [0.15, 0.2) is 0 Å². The Morgan fingerprint density at radius 3 is 2.36 bits per heavy atom. The molecule has 1 fully saturated rings. The molecular weight excluding hydrogens is 478 g/mol. The van der Waals surface area contributed by atoms with Gasteiger partial charge in [-0.1, -0.05) is 57.2 Å². The SMILES string of the molecule is CC(C)(C)CN(Cc1cc(-c2ccccc2)n(S(=O)(=O)c2cccc(C(=O)NC3CC3)c2)c1)C(=O)O. The van der Waals surface area contributed by atoms with E-state index in [0.29, 0.717) is 23.4 Å². The highest BCUT2D eigenvalue weighted by atomic mass is 32.2. The largest absolute Gasteiger partial charge is 0.465 e. The maximum absolute atomic E-state index is 13.8. The molecule has 9 heteroatoms. The Morgan fingerprint density at radius 2 is 1.75 bits per heavy atom. The van der Waals surface area contributed by atoms with Gasteiger partial charge in [-0.05, 0) is 53.6 Å². The molecule has 36 heavy (non-hydrogen) atoms. The van der Waals surface area contributed by atoms with Crippen LogP contribution in [0.4, 0.5) is 4.79 Å². The molecule has 2 amide bonds. The van der Waals surface area contributed by atoms with E-state index in [0.717, 1.165) is 12.8 Å². The summed E-state index contributed by atoms with van der Waals surface area (Å²) < 4.78 is 28.8. The summed E-state index contributed by atoms with van der Waals surface area (Å²) >= 11 is 0. The summed E-state index contributed by atoms with van der Waals surface area (Å²) in [7, 11) is -4.09. The number of aromatic nitrogens is 1. The molecule has 0 spiro atoms. The number of hydrogen-bond acceptors (Lipinski definition) is 4. The van der Waals surface area contributed by atoms with Crippen LogP contribution in [0.15, 0.2) is 71.8 Å². The van der Waals surface area contributed by atoms with Gasteiger partial charge in [0.2, 0.25) is 0 Å². The molecule has 2 N–H and O–H groups in total. The topological polar surface area (TPSA) is 109 Å². The quantitative estimate of drug-likeness (QED) is 0.453. The number of carbonyl (C=O) groups is 2. The van der Waals surface area contributed by atoms with Crippen molar-refractivity contribution < 1.29 is 23.1 Å². The van der Waals surface area contributed by atoms with Crippen LogP contribution < -0.4 is 5.32 Å². The maximum Gasteiger partial charge on any atom is 0.407 e. The van der Waals surface area contributed by atoms with Gasteiger partial charge in [0.05, 0.1) is 17.1 Å². The second-order valence-corrected chi connectivity index (χ2v) is 12.2. The predicted octanol–water partition coefficient (Wildman–Crippen LogP) is 4.81. The third kappa shape index (κ3) is 5.96. The average Bonchev–Trinajstić information content (AvgIpc) is 3.53. The summed E-state index contributed by atoms with van der Waals surface area (Å²) in [5.74, 6) is -0.301.